The van der Waals surface area contributed by atoms with Crippen molar-refractivity contribution in [3.63, 3.8) is 0 Å². The van der Waals surface area contributed by atoms with Crippen LogP contribution in [0.5, 0.6) is 0 Å². The zero-order valence-electron chi connectivity index (χ0n) is 10.5. The lowest BCUT2D eigenvalue weighted by atomic mass is 9.96. The maximum Gasteiger partial charge on any atom is 0.225 e. The number of piperidine rings is 1. The topological polar surface area (TPSA) is 49.4 Å². The number of rotatable bonds is 3. The molecule has 0 aromatic rings. The molecule has 0 spiro atoms. The van der Waals surface area contributed by atoms with E-state index in [9.17, 15) is 9.59 Å². The van der Waals surface area contributed by atoms with E-state index in [1.807, 2.05) is 13.8 Å². The van der Waals surface area contributed by atoms with Gasteiger partial charge in [-0.25, -0.2) is 0 Å². The third-order valence-electron chi connectivity index (χ3n) is 3.24. The summed E-state index contributed by atoms with van der Waals surface area (Å²) < 4.78 is 0. The van der Waals surface area contributed by atoms with E-state index in [1.165, 1.54) is 0 Å². The smallest absolute Gasteiger partial charge is 0.225 e. The fourth-order valence-corrected chi connectivity index (χ4v) is 1.94. The van der Waals surface area contributed by atoms with E-state index in [4.69, 9.17) is 0 Å². The second kappa shape index (κ2) is 5.87. The van der Waals surface area contributed by atoms with Crippen molar-refractivity contribution in [1.82, 2.24) is 10.2 Å². The molecule has 0 aromatic carbocycles. The van der Waals surface area contributed by atoms with Crippen LogP contribution in [0.1, 0.15) is 40.0 Å². The molecule has 16 heavy (non-hydrogen) atoms. The van der Waals surface area contributed by atoms with Gasteiger partial charge in [-0.1, -0.05) is 6.92 Å². The molecule has 0 saturated carbocycles. The summed E-state index contributed by atoms with van der Waals surface area (Å²) in [7, 11) is 0. The number of likely N-dealkylation sites (tertiary alicyclic amines) is 1. The third-order valence-corrected chi connectivity index (χ3v) is 3.24. The molecule has 0 aliphatic carbocycles. The average Bonchev–Trinajstić information content (AvgIpc) is 2.28. The summed E-state index contributed by atoms with van der Waals surface area (Å²) in [5, 5.41) is 2.98. The Hall–Kier alpha value is -1.06. The van der Waals surface area contributed by atoms with Crippen molar-refractivity contribution >= 4 is 11.8 Å². The number of hydrogen-bond acceptors (Lipinski definition) is 2. The lowest BCUT2D eigenvalue weighted by Crippen LogP contribution is -2.46. The molecular formula is C12H22N2O2. The molecule has 1 N–H and O–H groups in total. The summed E-state index contributed by atoms with van der Waals surface area (Å²) >= 11 is 0. The van der Waals surface area contributed by atoms with Crippen molar-refractivity contribution in [3.05, 3.63) is 0 Å². The average molecular weight is 226 g/mol. The number of nitrogens with one attached hydrogen (secondary N) is 1. The van der Waals surface area contributed by atoms with Crippen LogP contribution in [-0.4, -0.2) is 35.8 Å². The van der Waals surface area contributed by atoms with E-state index in [2.05, 4.69) is 5.32 Å². The van der Waals surface area contributed by atoms with Gasteiger partial charge in [-0.2, -0.15) is 0 Å². The highest BCUT2D eigenvalue weighted by molar-refractivity contribution is 5.80. The molecule has 0 bridgehead atoms. The van der Waals surface area contributed by atoms with Crippen LogP contribution in [-0.2, 0) is 9.59 Å². The second-order valence-corrected chi connectivity index (χ2v) is 4.62. The first-order valence-electron chi connectivity index (χ1n) is 6.10. The van der Waals surface area contributed by atoms with Crippen LogP contribution in [0.4, 0.5) is 0 Å². The molecule has 1 saturated heterocycles. The van der Waals surface area contributed by atoms with Crippen LogP contribution in [0, 0.1) is 5.92 Å². The van der Waals surface area contributed by atoms with Crippen LogP contribution in [0.3, 0.4) is 0 Å². The molecule has 2 amide bonds. The Morgan fingerprint density at radius 1 is 1.50 bits per heavy atom. The minimum absolute atomic E-state index is 0.0216. The minimum Gasteiger partial charge on any atom is -0.353 e. The molecule has 1 heterocycles. The zero-order valence-corrected chi connectivity index (χ0v) is 10.5. The lowest BCUT2D eigenvalue weighted by Gasteiger charge is -2.31. The third kappa shape index (κ3) is 3.51. The fraction of sp³-hybridized carbons (Fsp3) is 0.833. The molecule has 0 radical (unpaired) electrons. The van der Waals surface area contributed by atoms with E-state index >= 15 is 0 Å². The number of amides is 2. The summed E-state index contributed by atoms with van der Waals surface area (Å²) in [6.07, 6.45) is 2.76. The standard InChI is InChI=1S/C12H22N2O2/c1-4-9(2)13-12(16)11-6-5-7-14(8-11)10(3)15/h9,11H,4-8H2,1-3H3,(H,13,16). The molecule has 2 atom stereocenters. The van der Waals surface area contributed by atoms with Crippen LogP contribution < -0.4 is 5.32 Å². The van der Waals surface area contributed by atoms with Gasteiger partial charge in [0.1, 0.15) is 0 Å². The molecule has 2 unspecified atom stereocenters. The van der Waals surface area contributed by atoms with Gasteiger partial charge < -0.3 is 10.2 Å². The molecule has 4 nitrogen and oxygen atoms in total. The monoisotopic (exact) mass is 226 g/mol. The van der Waals surface area contributed by atoms with E-state index in [0.717, 1.165) is 25.8 Å². The largest absolute Gasteiger partial charge is 0.353 e. The van der Waals surface area contributed by atoms with Crippen molar-refractivity contribution in [1.29, 1.82) is 0 Å². The highest BCUT2D eigenvalue weighted by Gasteiger charge is 2.27. The Morgan fingerprint density at radius 2 is 2.19 bits per heavy atom. The summed E-state index contributed by atoms with van der Waals surface area (Å²) in [6.45, 7) is 6.99. The van der Waals surface area contributed by atoms with Gasteiger partial charge >= 0.3 is 0 Å². The molecule has 1 aliphatic rings. The molecule has 1 aliphatic heterocycles. The van der Waals surface area contributed by atoms with Gasteiger partial charge in [0.05, 0.1) is 5.92 Å². The van der Waals surface area contributed by atoms with E-state index in [-0.39, 0.29) is 23.8 Å². The van der Waals surface area contributed by atoms with E-state index < -0.39 is 0 Å². The van der Waals surface area contributed by atoms with Crippen LogP contribution in [0.25, 0.3) is 0 Å². The zero-order chi connectivity index (χ0) is 12.1. The van der Waals surface area contributed by atoms with Gasteiger partial charge in [-0.15, -0.1) is 0 Å². The first-order valence-corrected chi connectivity index (χ1v) is 6.10. The summed E-state index contributed by atoms with van der Waals surface area (Å²) in [6, 6.07) is 0.222. The van der Waals surface area contributed by atoms with Crippen LogP contribution >= 0.6 is 0 Å². The number of carbonyl (C=O) groups excluding carboxylic acids is 2. The molecular weight excluding hydrogens is 204 g/mol. The number of hydrogen-bond donors (Lipinski definition) is 1. The van der Waals surface area contributed by atoms with E-state index in [1.54, 1.807) is 11.8 Å². The molecule has 0 aromatic heterocycles. The highest BCUT2D eigenvalue weighted by atomic mass is 16.2. The Morgan fingerprint density at radius 3 is 2.75 bits per heavy atom. The van der Waals surface area contributed by atoms with Crippen molar-refractivity contribution in [2.24, 2.45) is 5.92 Å². The minimum atomic E-state index is -0.0216. The Labute approximate surface area is 97.4 Å². The van der Waals surface area contributed by atoms with Crippen molar-refractivity contribution in [2.75, 3.05) is 13.1 Å². The second-order valence-electron chi connectivity index (χ2n) is 4.62. The SMILES string of the molecule is CCC(C)NC(=O)C1CCCN(C(C)=O)C1. The Kier molecular flexibility index (Phi) is 4.77. The quantitative estimate of drug-likeness (QED) is 0.785. The normalized spacial score (nSPS) is 22.7. The molecule has 1 fully saturated rings. The number of carbonyl (C=O) groups is 2. The van der Waals surface area contributed by atoms with Gasteiger partial charge in [0.25, 0.3) is 0 Å². The van der Waals surface area contributed by atoms with Crippen molar-refractivity contribution < 1.29 is 9.59 Å². The first kappa shape index (κ1) is 13.0. The molecule has 92 valence electrons. The maximum absolute atomic E-state index is 11.9. The lowest BCUT2D eigenvalue weighted by molar-refractivity contribution is -0.134. The van der Waals surface area contributed by atoms with Gasteiger partial charge in [-0.05, 0) is 26.2 Å². The predicted octanol–water partition coefficient (Wildman–Crippen LogP) is 1.16. The van der Waals surface area contributed by atoms with Crippen molar-refractivity contribution in [2.45, 2.75) is 46.1 Å². The summed E-state index contributed by atoms with van der Waals surface area (Å²) in [4.78, 5) is 24.9. The predicted molar refractivity (Wildman–Crippen MR) is 62.9 cm³/mol. The maximum atomic E-state index is 11.9. The summed E-state index contributed by atoms with van der Waals surface area (Å²) in [5.74, 6) is 0.146. The van der Waals surface area contributed by atoms with Crippen LogP contribution in [0.2, 0.25) is 0 Å². The van der Waals surface area contributed by atoms with Gasteiger partial charge in [0.15, 0.2) is 0 Å². The molecule has 1 rings (SSSR count). The van der Waals surface area contributed by atoms with Crippen LogP contribution in [0.15, 0.2) is 0 Å². The van der Waals surface area contributed by atoms with Gasteiger partial charge in [0, 0.05) is 26.1 Å². The highest BCUT2D eigenvalue weighted by Crippen LogP contribution is 2.16. The Bertz CT molecular complexity index is 266. The molecule has 4 heteroatoms. The van der Waals surface area contributed by atoms with Gasteiger partial charge in [-0.3, -0.25) is 9.59 Å². The number of nitrogens with zero attached hydrogens (tertiary/aromatic N) is 1. The first-order chi connectivity index (χ1) is 7.54. The van der Waals surface area contributed by atoms with E-state index in [0.29, 0.717) is 6.54 Å². The van der Waals surface area contributed by atoms with Crippen molar-refractivity contribution in [3.8, 4) is 0 Å². The Balaban J connectivity index is 2.47. The summed E-state index contributed by atoms with van der Waals surface area (Å²) in [5.41, 5.74) is 0. The van der Waals surface area contributed by atoms with Gasteiger partial charge in [0.2, 0.25) is 11.8 Å². The fourth-order valence-electron chi connectivity index (χ4n) is 1.94.